The van der Waals surface area contributed by atoms with E-state index >= 15 is 0 Å². The Morgan fingerprint density at radius 2 is 1.58 bits per heavy atom. The molecule has 0 bridgehead atoms. The summed E-state index contributed by atoms with van der Waals surface area (Å²) in [5.74, 6) is 0. The van der Waals surface area contributed by atoms with Gasteiger partial charge in [-0.3, -0.25) is 4.52 Å². The van der Waals surface area contributed by atoms with Gasteiger partial charge in [-0.25, -0.2) is 18.5 Å². The van der Waals surface area contributed by atoms with Crippen molar-refractivity contribution in [3.8, 4) is 0 Å². The highest BCUT2D eigenvalue weighted by Crippen LogP contribution is 2.66. The fourth-order valence-electron chi connectivity index (χ4n) is 1.89. The zero-order chi connectivity index (χ0) is 18.3. The number of fused-ring (bicyclic) bond motifs is 1. The van der Waals surface area contributed by atoms with Crippen LogP contribution in [0.2, 0.25) is 0 Å². The lowest BCUT2D eigenvalue weighted by Gasteiger charge is -2.19. The molecule has 2 heterocycles. The third-order valence-electron chi connectivity index (χ3n) is 2.63. The van der Waals surface area contributed by atoms with E-state index in [9.17, 15) is 23.4 Å². The molecule has 14 nitrogen and oxygen atoms in total. The summed E-state index contributed by atoms with van der Waals surface area (Å²) in [6, 6.07) is -1.10. The molecule has 2 saturated heterocycles. The molecular weight excluding hydrogens is 400 g/mol. The molecule has 6 atom stereocenters. The first kappa shape index (κ1) is 20.0. The van der Waals surface area contributed by atoms with E-state index in [1.807, 2.05) is 0 Å². The number of phosphoric acid groups is 3. The Hall–Kier alpha value is -0.295. The molecule has 0 aromatic rings. The highest BCUT2D eigenvalue weighted by molar-refractivity contribution is 7.66. The van der Waals surface area contributed by atoms with E-state index in [0.29, 0.717) is 0 Å². The van der Waals surface area contributed by atoms with Crippen molar-refractivity contribution in [2.45, 2.75) is 24.3 Å². The van der Waals surface area contributed by atoms with E-state index in [1.165, 1.54) is 0 Å². The lowest BCUT2D eigenvalue weighted by atomic mass is 9.93. The maximum atomic E-state index is 11.5. The molecule has 0 amide bonds. The summed E-state index contributed by atoms with van der Waals surface area (Å²) in [5.41, 5.74) is 0. The van der Waals surface area contributed by atoms with Crippen molar-refractivity contribution in [2.24, 2.45) is 0 Å². The van der Waals surface area contributed by atoms with Crippen molar-refractivity contribution >= 4 is 37.5 Å². The summed E-state index contributed by atoms with van der Waals surface area (Å²) < 4.78 is 59.0. The van der Waals surface area contributed by atoms with Crippen LogP contribution in [0.5, 0.6) is 0 Å². The zero-order valence-corrected chi connectivity index (χ0v) is 14.0. The van der Waals surface area contributed by atoms with Gasteiger partial charge in [0.1, 0.15) is 14.0 Å². The second-order valence-corrected chi connectivity index (χ2v) is 8.86. The molecule has 2 rings (SSSR count). The smallest absolute Gasteiger partial charge is 0.425 e. The van der Waals surface area contributed by atoms with Crippen molar-refractivity contribution < 1.29 is 65.4 Å². The van der Waals surface area contributed by atoms with Crippen molar-refractivity contribution in [2.75, 3.05) is 6.61 Å². The van der Waals surface area contributed by atoms with Crippen LogP contribution in [0.3, 0.4) is 0 Å². The normalized spacial score (nSPS) is 34.8. The molecule has 136 valence electrons. The Morgan fingerprint density at radius 1 is 1.00 bits per heavy atom. The minimum Gasteiger partial charge on any atom is -0.425 e. The minimum absolute atomic E-state index is 0.796. The number of hydrogen-bond donors (Lipinski definition) is 4. The van der Waals surface area contributed by atoms with Crippen LogP contribution in [0, 0.1) is 0 Å². The van der Waals surface area contributed by atoms with Gasteiger partial charge in [0.05, 0.1) is 12.6 Å². The Balaban J connectivity index is 1.93. The highest BCUT2D eigenvalue weighted by atomic mass is 31.3. The summed E-state index contributed by atoms with van der Waals surface area (Å²) in [4.78, 5) is 46.0. The number of carbonyl (C=O) groups is 1. The van der Waals surface area contributed by atoms with Crippen LogP contribution in [-0.2, 0) is 41.1 Å². The minimum atomic E-state index is -5.62. The summed E-state index contributed by atoms with van der Waals surface area (Å²) in [7, 11) is -10.9. The van der Waals surface area contributed by atoms with E-state index in [1.54, 1.807) is 0 Å². The average Bonchev–Trinajstić information content (AvgIpc) is 2.82. The predicted molar refractivity (Wildman–Crippen MR) is 69.4 cm³/mol. The molecule has 2 fully saturated rings. The van der Waals surface area contributed by atoms with E-state index in [2.05, 4.69) is 17.9 Å². The lowest BCUT2D eigenvalue weighted by molar-refractivity contribution is -0.0185. The number of ether oxygens (including phenoxy) is 3. The molecule has 0 spiro atoms. The van der Waals surface area contributed by atoms with Crippen LogP contribution in [0.25, 0.3) is 0 Å². The predicted octanol–water partition coefficient (Wildman–Crippen LogP) is -0.873. The number of rotatable bonds is 7. The van der Waals surface area contributed by atoms with Gasteiger partial charge in [-0.1, -0.05) is 0 Å². The SMILES string of the molecule is [B]C1OC(COP(=O)(O)OP(=O)(O)OP(=O)(O)O)C2OC(=O)OC12. The van der Waals surface area contributed by atoms with Crippen molar-refractivity contribution in [3.05, 3.63) is 0 Å². The van der Waals surface area contributed by atoms with Gasteiger partial charge in [0.25, 0.3) is 0 Å². The van der Waals surface area contributed by atoms with Crippen molar-refractivity contribution in [1.29, 1.82) is 0 Å². The first-order valence-electron chi connectivity index (χ1n) is 5.85. The largest absolute Gasteiger partial charge is 0.509 e. The molecule has 2 aliphatic rings. The standard InChI is InChI=1S/C6H10BO14P3/c7-5-4-3(18-6(8)19-4)2(17-5)1-16-23(12,13)21-24(14,15)20-22(9,10)11/h2-5H,1H2,(H,12,13)(H,14,15)(H2,9,10,11). The summed E-state index contributed by atoms with van der Waals surface area (Å²) in [6.45, 7) is -0.796. The molecule has 6 unspecified atom stereocenters. The summed E-state index contributed by atoms with van der Waals surface area (Å²) in [6.07, 6.45) is -4.24. The maximum absolute atomic E-state index is 11.5. The van der Waals surface area contributed by atoms with E-state index < -0.39 is 60.5 Å². The quantitative estimate of drug-likeness (QED) is 0.229. The Bertz CT molecular complexity index is 644. The van der Waals surface area contributed by atoms with Gasteiger partial charge >= 0.3 is 29.6 Å². The molecule has 0 aromatic carbocycles. The van der Waals surface area contributed by atoms with Crippen LogP contribution in [0.15, 0.2) is 0 Å². The highest BCUT2D eigenvalue weighted by Gasteiger charge is 2.53. The van der Waals surface area contributed by atoms with Crippen molar-refractivity contribution in [3.63, 3.8) is 0 Å². The molecule has 0 saturated carbocycles. The summed E-state index contributed by atoms with van der Waals surface area (Å²) in [5, 5.41) is 0. The van der Waals surface area contributed by atoms with Gasteiger partial charge in [0, 0.05) is 0 Å². The second-order valence-electron chi connectivity index (χ2n) is 4.44. The molecule has 0 aromatic heterocycles. The Morgan fingerprint density at radius 3 is 2.17 bits per heavy atom. The second kappa shape index (κ2) is 6.78. The Labute approximate surface area is 134 Å². The van der Waals surface area contributed by atoms with Crippen LogP contribution >= 0.6 is 23.5 Å². The molecule has 0 aliphatic carbocycles. The first-order chi connectivity index (χ1) is 10.8. The Kier molecular flexibility index (Phi) is 5.66. The van der Waals surface area contributed by atoms with Crippen molar-refractivity contribution in [1.82, 2.24) is 0 Å². The molecule has 24 heavy (non-hydrogen) atoms. The number of hydrogen-bond acceptors (Lipinski definition) is 10. The monoisotopic (exact) mass is 410 g/mol. The van der Waals surface area contributed by atoms with Crippen LogP contribution in [0.1, 0.15) is 0 Å². The average molecular weight is 410 g/mol. The van der Waals surface area contributed by atoms with E-state index in [-0.39, 0.29) is 0 Å². The van der Waals surface area contributed by atoms with E-state index in [4.69, 9.17) is 32.0 Å². The fraction of sp³-hybridized carbons (Fsp3) is 0.833. The van der Waals surface area contributed by atoms with Gasteiger partial charge in [-0.2, -0.15) is 8.62 Å². The third kappa shape index (κ3) is 5.35. The van der Waals surface area contributed by atoms with Gasteiger partial charge in [-0.05, 0) is 0 Å². The van der Waals surface area contributed by atoms with Gasteiger partial charge < -0.3 is 33.8 Å². The molecule has 4 N–H and O–H groups in total. The molecule has 2 radical (unpaired) electrons. The molecule has 2 aliphatic heterocycles. The molecular formula is C6H10BO14P3. The van der Waals surface area contributed by atoms with Gasteiger partial charge in [-0.15, -0.1) is 0 Å². The number of carbonyl (C=O) groups excluding carboxylic acids is 1. The maximum Gasteiger partial charge on any atom is 0.509 e. The van der Waals surface area contributed by atoms with Gasteiger partial charge in [0.15, 0.2) is 12.2 Å². The van der Waals surface area contributed by atoms with Crippen LogP contribution in [0.4, 0.5) is 4.79 Å². The van der Waals surface area contributed by atoms with Crippen LogP contribution < -0.4 is 0 Å². The summed E-state index contributed by atoms with van der Waals surface area (Å²) >= 11 is 0. The fourth-order valence-corrected chi connectivity index (χ4v) is 4.92. The number of phosphoric ester groups is 1. The van der Waals surface area contributed by atoms with Crippen LogP contribution in [-0.4, -0.2) is 64.5 Å². The van der Waals surface area contributed by atoms with E-state index in [0.717, 1.165) is 0 Å². The third-order valence-corrected chi connectivity index (χ3v) is 6.43. The van der Waals surface area contributed by atoms with Gasteiger partial charge in [0.2, 0.25) is 0 Å². The zero-order valence-electron chi connectivity index (χ0n) is 11.3. The lowest BCUT2D eigenvalue weighted by Crippen LogP contribution is -2.31. The topological polar surface area (TPSA) is 205 Å². The first-order valence-corrected chi connectivity index (χ1v) is 10.4. The molecule has 18 heteroatoms.